The van der Waals surface area contributed by atoms with Gasteiger partial charge in [0.25, 0.3) is 0 Å². The van der Waals surface area contributed by atoms with Crippen molar-refractivity contribution in [1.82, 2.24) is 0 Å². The summed E-state index contributed by atoms with van der Waals surface area (Å²) in [5, 5.41) is 30.1. The van der Waals surface area contributed by atoms with E-state index in [1.807, 2.05) is 0 Å². The van der Waals surface area contributed by atoms with Crippen molar-refractivity contribution in [2.24, 2.45) is 16.2 Å². The molecular formula is C30H57AuO6. The maximum Gasteiger partial charge on any atom is 3.00 e. The Balaban J connectivity index is -0.000000218. The summed E-state index contributed by atoms with van der Waals surface area (Å²) in [7, 11) is 0. The summed E-state index contributed by atoms with van der Waals surface area (Å²) >= 11 is 0. The molecule has 0 aromatic rings. The molecule has 0 atom stereocenters. The van der Waals surface area contributed by atoms with Crippen LogP contribution in [0.1, 0.15) is 159 Å². The molecule has 0 saturated heterocycles. The van der Waals surface area contributed by atoms with Gasteiger partial charge in [0.1, 0.15) is 0 Å². The van der Waals surface area contributed by atoms with Crippen molar-refractivity contribution in [1.29, 1.82) is 0 Å². The van der Waals surface area contributed by atoms with Crippen LogP contribution in [-0.4, -0.2) is 17.9 Å². The fourth-order valence-corrected chi connectivity index (χ4v) is 3.30. The number of hydrogen-bond donors (Lipinski definition) is 0. The first-order valence-electron chi connectivity index (χ1n) is 13.8. The van der Waals surface area contributed by atoms with Gasteiger partial charge in [-0.25, -0.2) is 0 Å². The van der Waals surface area contributed by atoms with Gasteiger partial charge in [-0.15, -0.1) is 0 Å². The molecule has 0 amide bonds. The first-order valence-corrected chi connectivity index (χ1v) is 13.8. The Morgan fingerprint density at radius 2 is 0.595 bits per heavy atom. The first kappa shape index (κ1) is 43.2. The average Bonchev–Trinajstić information content (AvgIpc) is 2.65. The predicted molar refractivity (Wildman–Crippen MR) is 143 cm³/mol. The van der Waals surface area contributed by atoms with Gasteiger partial charge in [-0.2, -0.15) is 0 Å². The molecule has 0 spiro atoms. The van der Waals surface area contributed by atoms with Crippen molar-refractivity contribution in [3.63, 3.8) is 0 Å². The molecule has 0 bridgehead atoms. The molecule has 224 valence electrons. The Morgan fingerprint density at radius 1 is 0.405 bits per heavy atom. The van der Waals surface area contributed by atoms with Gasteiger partial charge in [-0.05, 0) is 74.0 Å². The van der Waals surface area contributed by atoms with E-state index >= 15 is 0 Å². The van der Waals surface area contributed by atoms with E-state index in [2.05, 4.69) is 62.3 Å². The third-order valence-corrected chi connectivity index (χ3v) is 5.42. The van der Waals surface area contributed by atoms with Crippen molar-refractivity contribution in [2.75, 3.05) is 0 Å². The number of hydrogen-bond acceptors (Lipinski definition) is 6. The van der Waals surface area contributed by atoms with E-state index in [1.54, 1.807) is 0 Å². The molecule has 0 unspecified atom stereocenters. The van der Waals surface area contributed by atoms with Crippen molar-refractivity contribution in [3.05, 3.63) is 0 Å². The van der Waals surface area contributed by atoms with Crippen LogP contribution in [0.15, 0.2) is 0 Å². The van der Waals surface area contributed by atoms with E-state index in [0.29, 0.717) is 16.2 Å². The zero-order valence-electron chi connectivity index (χ0n) is 25.4. The Labute approximate surface area is 244 Å². The van der Waals surface area contributed by atoms with Gasteiger partial charge >= 0.3 is 22.4 Å². The smallest absolute Gasteiger partial charge is 0.550 e. The third-order valence-electron chi connectivity index (χ3n) is 5.42. The SMILES string of the molecule is CC(C)(C)CCCCCC(=O)[O-].CC(C)(C)CCCCCC(=O)[O-].CC(C)(C)CCCCCC(=O)[O-].[Au+3]. The van der Waals surface area contributed by atoms with E-state index in [-0.39, 0.29) is 41.6 Å². The maximum absolute atomic E-state index is 10.0. The van der Waals surface area contributed by atoms with Gasteiger partial charge in [0, 0.05) is 17.9 Å². The maximum atomic E-state index is 10.0. The Morgan fingerprint density at radius 3 is 0.730 bits per heavy atom. The van der Waals surface area contributed by atoms with Crippen LogP contribution in [0.25, 0.3) is 0 Å². The standard InChI is InChI=1S/3C10H20O2.Au/c3*1-10(2,3)8-6-4-5-7-9(11)12;/h3*4-8H2,1-3H3,(H,11,12);/q;;;+3/p-3. The molecule has 0 aromatic carbocycles. The number of carbonyl (C=O) groups excluding carboxylic acids is 3. The molecule has 0 aliphatic carbocycles. The zero-order chi connectivity index (χ0) is 28.8. The van der Waals surface area contributed by atoms with Gasteiger partial charge in [0.15, 0.2) is 0 Å². The molecule has 0 heterocycles. The number of carbonyl (C=O) groups is 3. The van der Waals surface area contributed by atoms with E-state index < -0.39 is 17.9 Å². The average molecular weight is 711 g/mol. The van der Waals surface area contributed by atoms with Gasteiger partial charge in [-0.3, -0.25) is 0 Å². The van der Waals surface area contributed by atoms with Crippen LogP contribution in [0.3, 0.4) is 0 Å². The predicted octanol–water partition coefficient (Wildman–Crippen LogP) is 5.20. The molecule has 0 N–H and O–H groups in total. The fourth-order valence-electron chi connectivity index (χ4n) is 3.30. The molecule has 37 heavy (non-hydrogen) atoms. The van der Waals surface area contributed by atoms with Crippen LogP contribution in [0.4, 0.5) is 0 Å². The molecule has 0 fully saturated rings. The van der Waals surface area contributed by atoms with Crippen LogP contribution in [0.2, 0.25) is 0 Å². The van der Waals surface area contributed by atoms with Crippen LogP contribution in [0.5, 0.6) is 0 Å². The molecule has 0 radical (unpaired) electrons. The quantitative estimate of drug-likeness (QED) is 0.170. The topological polar surface area (TPSA) is 120 Å². The molecule has 0 aromatic heterocycles. The van der Waals surface area contributed by atoms with Crippen molar-refractivity contribution >= 4 is 17.9 Å². The monoisotopic (exact) mass is 710 g/mol. The normalized spacial score (nSPS) is 11.3. The third kappa shape index (κ3) is 56.5. The molecule has 0 aliphatic heterocycles. The summed E-state index contributed by atoms with van der Waals surface area (Å²) in [6.07, 6.45) is 12.8. The van der Waals surface area contributed by atoms with Crippen LogP contribution in [0, 0.1) is 16.2 Å². The van der Waals surface area contributed by atoms with Crippen molar-refractivity contribution in [3.8, 4) is 0 Å². The minimum atomic E-state index is -0.925. The number of unbranched alkanes of at least 4 members (excludes halogenated alkanes) is 6. The molecule has 6 nitrogen and oxygen atoms in total. The van der Waals surface area contributed by atoms with E-state index in [9.17, 15) is 29.7 Å². The summed E-state index contributed by atoms with van der Waals surface area (Å²) in [5.41, 5.74) is 1.13. The minimum Gasteiger partial charge on any atom is -0.550 e. The number of rotatable bonds is 15. The fraction of sp³-hybridized carbons (Fsp3) is 0.900. The second-order valence-electron chi connectivity index (χ2n) is 13.5. The van der Waals surface area contributed by atoms with E-state index in [0.717, 1.165) is 57.8 Å². The summed E-state index contributed by atoms with van der Waals surface area (Å²) in [4.78, 5) is 30.1. The van der Waals surface area contributed by atoms with E-state index in [4.69, 9.17) is 0 Å². The second kappa shape index (κ2) is 24.2. The molecule has 0 rings (SSSR count). The van der Waals surface area contributed by atoms with Crippen molar-refractivity contribution in [2.45, 2.75) is 159 Å². The largest absolute Gasteiger partial charge is 3.00 e. The van der Waals surface area contributed by atoms with Crippen molar-refractivity contribution < 1.29 is 52.1 Å². The van der Waals surface area contributed by atoms with Gasteiger partial charge in [0.2, 0.25) is 0 Å². The second-order valence-corrected chi connectivity index (χ2v) is 13.5. The molecule has 7 heteroatoms. The van der Waals surface area contributed by atoms with Crippen LogP contribution in [-0.2, 0) is 36.8 Å². The van der Waals surface area contributed by atoms with E-state index in [1.165, 1.54) is 19.3 Å². The van der Waals surface area contributed by atoms with Crippen LogP contribution >= 0.6 is 0 Å². The summed E-state index contributed by atoms with van der Waals surface area (Å²) in [6.45, 7) is 19.8. The van der Waals surface area contributed by atoms with Gasteiger partial charge in [-0.1, -0.05) is 101 Å². The summed E-state index contributed by atoms with van der Waals surface area (Å²) in [5.74, 6) is -2.78. The summed E-state index contributed by atoms with van der Waals surface area (Å²) in [6, 6.07) is 0. The number of carboxylic acids is 3. The van der Waals surface area contributed by atoms with Crippen LogP contribution < -0.4 is 15.3 Å². The Kier molecular flexibility index (Phi) is 28.3. The summed E-state index contributed by atoms with van der Waals surface area (Å²) < 4.78 is 0. The first-order chi connectivity index (χ1) is 16.2. The van der Waals surface area contributed by atoms with Gasteiger partial charge < -0.3 is 29.7 Å². The Bertz CT molecular complexity index is 487. The molecule has 0 aliphatic rings. The molecule has 0 saturated carbocycles. The Hall–Kier alpha value is -0.850. The zero-order valence-corrected chi connectivity index (χ0v) is 27.5. The number of aliphatic carboxylic acids is 3. The molecular weight excluding hydrogens is 653 g/mol. The minimum absolute atomic E-state index is 0. The van der Waals surface area contributed by atoms with Gasteiger partial charge in [0.05, 0.1) is 0 Å². The number of carboxylic acid groups (broad SMARTS) is 3.